The zero-order valence-corrected chi connectivity index (χ0v) is 15.6. The Morgan fingerprint density at radius 2 is 2.00 bits per heavy atom. The number of rotatable bonds is 4. The van der Waals surface area contributed by atoms with E-state index in [4.69, 9.17) is 0 Å². The van der Waals surface area contributed by atoms with Crippen molar-refractivity contribution >= 4 is 29.0 Å². The predicted molar refractivity (Wildman–Crippen MR) is 107 cm³/mol. The highest BCUT2D eigenvalue weighted by Gasteiger charge is 2.15. The third-order valence-corrected chi connectivity index (χ3v) is 5.34. The fraction of sp³-hybridized carbons (Fsp3) is 0.200. The first-order valence-electron chi connectivity index (χ1n) is 8.49. The average molecular weight is 364 g/mol. The van der Waals surface area contributed by atoms with Crippen LogP contribution in [0, 0.1) is 0 Å². The maximum Gasteiger partial charge on any atom is 0.255 e. The van der Waals surface area contributed by atoms with Crippen molar-refractivity contribution in [1.29, 1.82) is 0 Å². The molecule has 1 aliphatic rings. The summed E-state index contributed by atoms with van der Waals surface area (Å²) >= 11 is 1.78. The summed E-state index contributed by atoms with van der Waals surface area (Å²) in [4.78, 5) is 19.2. The number of anilines is 2. The molecule has 0 aliphatic carbocycles. The molecule has 1 N–H and O–H groups in total. The molecule has 1 aromatic heterocycles. The van der Waals surface area contributed by atoms with Crippen LogP contribution < -0.4 is 10.2 Å². The molecule has 0 spiro atoms. The van der Waals surface area contributed by atoms with Gasteiger partial charge >= 0.3 is 0 Å². The van der Waals surface area contributed by atoms with Crippen LogP contribution in [0.3, 0.4) is 0 Å². The largest absolute Gasteiger partial charge is 0.378 e. The first-order valence-corrected chi connectivity index (χ1v) is 9.48. The number of fused-ring (bicyclic) bond motifs is 1. The Bertz CT molecular complexity index is 925. The van der Waals surface area contributed by atoms with Gasteiger partial charge in [-0.25, -0.2) is 4.98 Å². The van der Waals surface area contributed by atoms with Crippen LogP contribution in [-0.4, -0.2) is 35.3 Å². The van der Waals surface area contributed by atoms with E-state index in [1.165, 1.54) is 0 Å². The van der Waals surface area contributed by atoms with Crippen molar-refractivity contribution in [3.63, 3.8) is 0 Å². The maximum atomic E-state index is 12.5. The number of aromatic nitrogens is 2. The Hall–Kier alpha value is -2.73. The molecule has 6 heteroatoms. The molecule has 0 saturated heterocycles. The molecular formula is C20H20N4OS. The number of imidazole rings is 1. The van der Waals surface area contributed by atoms with E-state index in [1.807, 2.05) is 67.5 Å². The van der Waals surface area contributed by atoms with E-state index < -0.39 is 0 Å². The summed E-state index contributed by atoms with van der Waals surface area (Å²) in [5.41, 5.74) is 4.42. The minimum absolute atomic E-state index is 0.115. The topological polar surface area (TPSA) is 50.2 Å². The van der Waals surface area contributed by atoms with Crippen molar-refractivity contribution in [2.45, 2.75) is 11.7 Å². The number of carbonyl (C=O) groups is 1. The fourth-order valence-electron chi connectivity index (χ4n) is 2.92. The van der Waals surface area contributed by atoms with Crippen molar-refractivity contribution in [3.05, 3.63) is 60.3 Å². The van der Waals surface area contributed by atoms with Crippen LogP contribution in [0.5, 0.6) is 0 Å². The third-order valence-electron chi connectivity index (χ3n) is 4.37. The Balaban J connectivity index is 1.52. The highest BCUT2D eigenvalue weighted by atomic mass is 32.2. The van der Waals surface area contributed by atoms with Crippen LogP contribution in [0.15, 0.2) is 59.9 Å². The van der Waals surface area contributed by atoms with Gasteiger partial charge in [-0.05, 0) is 36.4 Å². The monoisotopic (exact) mass is 364 g/mol. The molecule has 3 aromatic rings. The number of aryl methyl sites for hydroxylation is 1. The molecule has 1 aliphatic heterocycles. The molecule has 2 heterocycles. The summed E-state index contributed by atoms with van der Waals surface area (Å²) in [5.74, 6) is 0.973. The van der Waals surface area contributed by atoms with E-state index in [0.717, 1.165) is 40.1 Å². The van der Waals surface area contributed by atoms with Gasteiger partial charge in [-0.3, -0.25) is 4.79 Å². The lowest BCUT2D eigenvalue weighted by molar-refractivity contribution is 0.102. The number of nitrogens with zero attached hydrogens (tertiary/aromatic N) is 3. The molecule has 0 radical (unpaired) electrons. The lowest BCUT2D eigenvalue weighted by Crippen LogP contribution is -2.13. The first-order chi connectivity index (χ1) is 12.6. The van der Waals surface area contributed by atoms with Gasteiger partial charge in [-0.2, -0.15) is 0 Å². The highest BCUT2D eigenvalue weighted by Crippen LogP contribution is 2.30. The summed E-state index contributed by atoms with van der Waals surface area (Å²) in [7, 11) is 3.95. The van der Waals surface area contributed by atoms with Crippen molar-refractivity contribution in [2.24, 2.45) is 0 Å². The van der Waals surface area contributed by atoms with Crippen LogP contribution >= 0.6 is 11.8 Å². The number of carbonyl (C=O) groups excluding carboxylic acids is 1. The SMILES string of the molecule is CN(C)c1ccc(C(=O)Nc2cccc(-c3cn4c(n3)SCC4)c2)cc1. The standard InChI is InChI=1S/C20H20N4OS/c1-23(2)17-8-6-14(7-9-17)19(25)21-16-5-3-4-15(12-16)18-13-24-10-11-26-20(24)22-18/h3-9,12-13H,10-11H2,1-2H3,(H,21,25). The van der Waals surface area contributed by atoms with E-state index >= 15 is 0 Å². The van der Waals surface area contributed by atoms with E-state index in [-0.39, 0.29) is 5.91 Å². The Kier molecular flexibility index (Phi) is 4.42. The molecule has 132 valence electrons. The Labute approximate surface area is 157 Å². The number of hydrogen-bond acceptors (Lipinski definition) is 4. The molecule has 26 heavy (non-hydrogen) atoms. The normalized spacial score (nSPS) is 12.7. The molecule has 0 unspecified atom stereocenters. The zero-order chi connectivity index (χ0) is 18.1. The van der Waals surface area contributed by atoms with Gasteiger partial charge in [-0.1, -0.05) is 23.9 Å². The molecule has 1 amide bonds. The summed E-state index contributed by atoms with van der Waals surface area (Å²) in [6.07, 6.45) is 2.08. The minimum Gasteiger partial charge on any atom is -0.378 e. The second-order valence-corrected chi connectivity index (χ2v) is 7.49. The molecule has 0 fully saturated rings. The van der Waals surface area contributed by atoms with Crippen molar-refractivity contribution in [3.8, 4) is 11.3 Å². The molecule has 0 atom stereocenters. The number of thioether (sulfide) groups is 1. The number of benzene rings is 2. The van der Waals surface area contributed by atoms with Crippen molar-refractivity contribution in [2.75, 3.05) is 30.1 Å². The Morgan fingerprint density at radius 3 is 2.73 bits per heavy atom. The number of nitrogens with one attached hydrogen (secondary N) is 1. The second kappa shape index (κ2) is 6.88. The van der Waals surface area contributed by atoms with Gasteiger partial charge in [0.25, 0.3) is 5.91 Å². The minimum atomic E-state index is -0.115. The quantitative estimate of drug-likeness (QED) is 0.761. The van der Waals surface area contributed by atoms with Crippen LogP contribution in [0.4, 0.5) is 11.4 Å². The maximum absolute atomic E-state index is 12.5. The van der Waals surface area contributed by atoms with E-state index in [1.54, 1.807) is 11.8 Å². The van der Waals surface area contributed by atoms with Crippen molar-refractivity contribution < 1.29 is 4.79 Å². The number of amides is 1. The van der Waals surface area contributed by atoms with Gasteiger partial charge in [0.15, 0.2) is 5.16 Å². The van der Waals surface area contributed by atoms with E-state index in [2.05, 4.69) is 21.1 Å². The lowest BCUT2D eigenvalue weighted by atomic mass is 10.1. The van der Waals surface area contributed by atoms with Crippen LogP contribution in [0.25, 0.3) is 11.3 Å². The van der Waals surface area contributed by atoms with Gasteiger partial charge in [0.2, 0.25) is 0 Å². The van der Waals surface area contributed by atoms with Crippen LogP contribution in [0.2, 0.25) is 0 Å². The summed E-state index contributed by atoms with van der Waals surface area (Å²) in [5, 5.41) is 4.04. The van der Waals surface area contributed by atoms with E-state index in [9.17, 15) is 4.79 Å². The smallest absolute Gasteiger partial charge is 0.255 e. The highest BCUT2D eigenvalue weighted by molar-refractivity contribution is 7.99. The average Bonchev–Trinajstić information content (AvgIpc) is 3.24. The first kappa shape index (κ1) is 16.7. The van der Waals surface area contributed by atoms with Gasteiger partial charge in [-0.15, -0.1) is 0 Å². The predicted octanol–water partition coefficient (Wildman–Crippen LogP) is 3.97. The third kappa shape index (κ3) is 3.32. The molecule has 0 bridgehead atoms. The Morgan fingerprint density at radius 1 is 1.19 bits per heavy atom. The molecule has 2 aromatic carbocycles. The molecule has 5 nitrogen and oxygen atoms in total. The molecular weight excluding hydrogens is 344 g/mol. The zero-order valence-electron chi connectivity index (χ0n) is 14.8. The van der Waals surface area contributed by atoms with Gasteiger partial charge in [0, 0.05) is 55.1 Å². The van der Waals surface area contributed by atoms with Crippen LogP contribution in [0.1, 0.15) is 10.4 Å². The molecule has 0 saturated carbocycles. The number of hydrogen-bond donors (Lipinski definition) is 1. The van der Waals surface area contributed by atoms with Crippen LogP contribution in [-0.2, 0) is 6.54 Å². The molecule has 4 rings (SSSR count). The van der Waals surface area contributed by atoms with Gasteiger partial charge < -0.3 is 14.8 Å². The fourth-order valence-corrected chi connectivity index (χ4v) is 3.86. The van der Waals surface area contributed by atoms with Gasteiger partial charge in [0.1, 0.15) is 0 Å². The lowest BCUT2D eigenvalue weighted by Gasteiger charge is -2.12. The summed E-state index contributed by atoms with van der Waals surface area (Å²) in [6, 6.07) is 15.4. The summed E-state index contributed by atoms with van der Waals surface area (Å²) in [6.45, 7) is 1.01. The summed E-state index contributed by atoms with van der Waals surface area (Å²) < 4.78 is 2.18. The van der Waals surface area contributed by atoms with E-state index in [0.29, 0.717) is 5.56 Å². The second-order valence-electron chi connectivity index (χ2n) is 6.43. The van der Waals surface area contributed by atoms with Gasteiger partial charge in [0.05, 0.1) is 5.69 Å². The van der Waals surface area contributed by atoms with Crippen molar-refractivity contribution in [1.82, 2.24) is 9.55 Å².